The Kier molecular flexibility index (Phi) is 5.87. The van der Waals surface area contributed by atoms with Crippen molar-refractivity contribution in [3.63, 3.8) is 0 Å². The minimum atomic E-state index is -0.251. The maximum absolute atomic E-state index is 12.5. The zero-order valence-electron chi connectivity index (χ0n) is 14.1. The van der Waals surface area contributed by atoms with Crippen LogP contribution in [0.1, 0.15) is 15.9 Å². The highest BCUT2D eigenvalue weighted by Crippen LogP contribution is 2.29. The quantitative estimate of drug-likeness (QED) is 0.851. The number of nitrogens with one attached hydrogen (secondary N) is 1. The van der Waals surface area contributed by atoms with Gasteiger partial charge in [0.1, 0.15) is 5.75 Å². The molecule has 0 radical (unpaired) electrons. The van der Waals surface area contributed by atoms with E-state index in [-0.39, 0.29) is 11.1 Å². The van der Waals surface area contributed by atoms with Crippen molar-refractivity contribution in [2.45, 2.75) is 11.8 Å². The average Bonchev–Trinajstić information content (AvgIpc) is 2.56. The van der Waals surface area contributed by atoms with Crippen molar-refractivity contribution in [1.29, 1.82) is 0 Å². The summed E-state index contributed by atoms with van der Waals surface area (Å²) in [6, 6.07) is 12.5. The summed E-state index contributed by atoms with van der Waals surface area (Å²) in [5.41, 5.74) is 2.06. The molecule has 2 aromatic carbocycles. The maximum Gasteiger partial charge on any atom is 0.286 e. The van der Waals surface area contributed by atoms with E-state index < -0.39 is 0 Å². The topological polar surface area (TPSA) is 58.6 Å². The summed E-state index contributed by atoms with van der Waals surface area (Å²) in [4.78, 5) is 26.6. The van der Waals surface area contributed by atoms with Crippen LogP contribution in [0.4, 0.5) is 10.5 Å². The third kappa shape index (κ3) is 4.29. The van der Waals surface area contributed by atoms with Crippen molar-refractivity contribution in [2.75, 3.05) is 26.5 Å². The molecule has 0 fully saturated rings. The molecule has 0 aromatic heterocycles. The summed E-state index contributed by atoms with van der Waals surface area (Å²) in [7, 11) is 4.95. The molecule has 126 valence electrons. The van der Waals surface area contributed by atoms with E-state index in [1.165, 1.54) is 4.90 Å². The zero-order chi connectivity index (χ0) is 17.7. The van der Waals surface area contributed by atoms with Crippen LogP contribution in [0.2, 0.25) is 0 Å². The molecule has 0 saturated carbocycles. The van der Waals surface area contributed by atoms with Crippen LogP contribution in [0.15, 0.2) is 47.4 Å². The van der Waals surface area contributed by atoms with Gasteiger partial charge in [-0.15, -0.1) is 0 Å². The Labute approximate surface area is 146 Å². The van der Waals surface area contributed by atoms with Gasteiger partial charge in [-0.2, -0.15) is 0 Å². The number of thioether (sulfide) groups is 1. The highest BCUT2D eigenvalue weighted by molar-refractivity contribution is 8.13. The lowest BCUT2D eigenvalue weighted by Gasteiger charge is -2.13. The van der Waals surface area contributed by atoms with Gasteiger partial charge in [0.25, 0.3) is 11.1 Å². The number of rotatable bonds is 4. The van der Waals surface area contributed by atoms with E-state index >= 15 is 0 Å². The molecule has 6 heteroatoms. The van der Waals surface area contributed by atoms with E-state index in [1.807, 2.05) is 25.1 Å². The summed E-state index contributed by atoms with van der Waals surface area (Å²) in [6.07, 6.45) is 0. The molecule has 2 aromatic rings. The highest BCUT2D eigenvalue weighted by atomic mass is 32.2. The number of nitrogens with zero attached hydrogens (tertiary/aromatic N) is 1. The molecule has 0 saturated heterocycles. The molecule has 0 spiro atoms. The second-order valence-corrected chi connectivity index (χ2v) is 6.39. The highest BCUT2D eigenvalue weighted by Gasteiger charge is 2.14. The Balaban J connectivity index is 2.22. The second kappa shape index (κ2) is 7.88. The van der Waals surface area contributed by atoms with E-state index in [2.05, 4.69) is 5.32 Å². The predicted molar refractivity (Wildman–Crippen MR) is 97.1 cm³/mol. The molecule has 0 aliphatic carbocycles. The molecule has 0 unspecified atom stereocenters. The molecule has 24 heavy (non-hydrogen) atoms. The Morgan fingerprint density at radius 3 is 2.50 bits per heavy atom. The van der Waals surface area contributed by atoms with E-state index in [9.17, 15) is 9.59 Å². The van der Waals surface area contributed by atoms with Crippen LogP contribution in [0, 0.1) is 6.92 Å². The van der Waals surface area contributed by atoms with Crippen LogP contribution >= 0.6 is 11.8 Å². The number of ether oxygens (including phenoxy) is 1. The first-order valence-electron chi connectivity index (χ1n) is 7.36. The van der Waals surface area contributed by atoms with Gasteiger partial charge in [0.2, 0.25) is 0 Å². The minimum absolute atomic E-state index is 0.103. The summed E-state index contributed by atoms with van der Waals surface area (Å²) >= 11 is 1.07. The predicted octanol–water partition coefficient (Wildman–Crippen LogP) is 4.03. The van der Waals surface area contributed by atoms with Crippen molar-refractivity contribution >= 4 is 28.6 Å². The number of benzene rings is 2. The average molecular weight is 344 g/mol. The molecule has 0 aliphatic heterocycles. The monoisotopic (exact) mass is 344 g/mol. The molecular formula is C18H20N2O3S. The Morgan fingerprint density at radius 1 is 1.12 bits per heavy atom. The lowest BCUT2D eigenvalue weighted by atomic mass is 10.1. The van der Waals surface area contributed by atoms with Crippen LogP contribution in [0.5, 0.6) is 5.75 Å². The fraction of sp³-hybridized carbons (Fsp3) is 0.222. The number of methoxy groups -OCH3 is 1. The van der Waals surface area contributed by atoms with Crippen LogP contribution < -0.4 is 10.1 Å². The van der Waals surface area contributed by atoms with E-state index in [0.29, 0.717) is 21.9 Å². The van der Waals surface area contributed by atoms with Crippen molar-refractivity contribution in [3.8, 4) is 5.75 Å². The third-order valence-electron chi connectivity index (χ3n) is 3.37. The van der Waals surface area contributed by atoms with E-state index in [1.54, 1.807) is 45.5 Å². The molecule has 2 rings (SSSR count). The number of amides is 2. The van der Waals surface area contributed by atoms with Gasteiger partial charge in [-0.1, -0.05) is 18.2 Å². The van der Waals surface area contributed by atoms with Crippen molar-refractivity contribution < 1.29 is 14.3 Å². The standard InChI is InChI=1S/C18H20N2O3S/c1-12-9-10-13(11-15(12)23-4)17(21)19-14-7-5-6-8-16(14)24-18(22)20(2)3/h5-11H,1-4H3,(H,19,21). The summed E-state index contributed by atoms with van der Waals surface area (Å²) in [5, 5.41) is 2.75. The number of carbonyl (C=O) groups is 2. The van der Waals surface area contributed by atoms with Gasteiger partial charge in [0.15, 0.2) is 0 Å². The van der Waals surface area contributed by atoms with Crippen LogP contribution in [0.3, 0.4) is 0 Å². The first-order chi connectivity index (χ1) is 11.4. The summed E-state index contributed by atoms with van der Waals surface area (Å²) in [6.45, 7) is 1.92. The van der Waals surface area contributed by atoms with Gasteiger partial charge in [0.05, 0.1) is 12.8 Å². The molecule has 1 N–H and O–H groups in total. The van der Waals surface area contributed by atoms with Gasteiger partial charge in [-0.3, -0.25) is 9.59 Å². The molecular weight excluding hydrogens is 324 g/mol. The maximum atomic E-state index is 12.5. The normalized spacial score (nSPS) is 10.2. The Hall–Kier alpha value is -2.47. The van der Waals surface area contributed by atoms with Gasteiger partial charge in [-0.25, -0.2) is 0 Å². The number of anilines is 1. The number of hydrogen-bond acceptors (Lipinski definition) is 4. The first-order valence-corrected chi connectivity index (χ1v) is 8.18. The van der Waals surface area contributed by atoms with Crippen molar-refractivity contribution in [3.05, 3.63) is 53.6 Å². The number of hydrogen-bond donors (Lipinski definition) is 1. The fourth-order valence-electron chi connectivity index (χ4n) is 2.00. The lowest BCUT2D eigenvalue weighted by Crippen LogP contribution is -2.17. The van der Waals surface area contributed by atoms with Gasteiger partial charge < -0.3 is 15.0 Å². The number of carbonyl (C=O) groups excluding carboxylic acids is 2. The summed E-state index contributed by atoms with van der Waals surface area (Å²) < 4.78 is 5.25. The summed E-state index contributed by atoms with van der Waals surface area (Å²) in [5.74, 6) is 0.409. The van der Waals surface area contributed by atoms with Crippen LogP contribution in [-0.4, -0.2) is 37.3 Å². The lowest BCUT2D eigenvalue weighted by molar-refractivity contribution is 0.102. The molecule has 5 nitrogen and oxygen atoms in total. The smallest absolute Gasteiger partial charge is 0.286 e. The molecule has 0 bridgehead atoms. The van der Waals surface area contributed by atoms with Crippen LogP contribution in [-0.2, 0) is 0 Å². The van der Waals surface area contributed by atoms with E-state index in [0.717, 1.165) is 17.3 Å². The van der Waals surface area contributed by atoms with Crippen molar-refractivity contribution in [1.82, 2.24) is 4.90 Å². The van der Waals surface area contributed by atoms with Gasteiger partial charge in [-0.05, 0) is 48.5 Å². The minimum Gasteiger partial charge on any atom is -0.496 e. The second-order valence-electron chi connectivity index (χ2n) is 5.40. The Morgan fingerprint density at radius 2 is 1.83 bits per heavy atom. The molecule has 0 atom stereocenters. The number of aryl methyl sites for hydroxylation is 1. The fourth-order valence-corrected chi connectivity index (χ4v) is 2.75. The van der Waals surface area contributed by atoms with Crippen molar-refractivity contribution in [2.24, 2.45) is 0 Å². The Bertz CT molecular complexity index is 760. The van der Waals surface area contributed by atoms with E-state index in [4.69, 9.17) is 4.74 Å². The molecule has 2 amide bonds. The zero-order valence-corrected chi connectivity index (χ0v) is 14.9. The third-order valence-corrected chi connectivity index (χ3v) is 4.48. The SMILES string of the molecule is COc1cc(C(=O)Nc2ccccc2SC(=O)N(C)C)ccc1C. The first kappa shape index (κ1) is 17.9. The molecule has 0 heterocycles. The molecule has 0 aliphatic rings. The largest absolute Gasteiger partial charge is 0.496 e. The van der Waals surface area contributed by atoms with Gasteiger partial charge >= 0.3 is 0 Å². The van der Waals surface area contributed by atoms with Gasteiger partial charge in [0, 0.05) is 24.6 Å². The van der Waals surface area contributed by atoms with Crippen LogP contribution in [0.25, 0.3) is 0 Å². The number of para-hydroxylation sites is 1.